The molecule has 0 aliphatic rings. The van der Waals surface area contributed by atoms with Gasteiger partial charge in [-0.25, -0.2) is 0 Å². The summed E-state index contributed by atoms with van der Waals surface area (Å²) in [6.07, 6.45) is 0. The second-order valence-electron chi connectivity index (χ2n) is 14.1. The van der Waals surface area contributed by atoms with Gasteiger partial charge in [0.25, 0.3) is 0 Å². The molecule has 2 heterocycles. The Morgan fingerprint density at radius 1 is 0.382 bits per heavy atom. The number of nitrogens with zero attached hydrogens (tertiary/aromatic N) is 2. The normalized spacial score (nSPS) is 11.6. The van der Waals surface area contributed by atoms with E-state index in [1.54, 1.807) is 0 Å². The Morgan fingerprint density at radius 2 is 0.964 bits per heavy atom. The quantitative estimate of drug-likeness (QED) is 0.172. The molecular formula is C52H34N2O. The Hall–Kier alpha value is -7.36. The average molecular weight is 703 g/mol. The van der Waals surface area contributed by atoms with E-state index in [-0.39, 0.29) is 0 Å². The van der Waals surface area contributed by atoms with Crippen LogP contribution in [0.5, 0.6) is 0 Å². The van der Waals surface area contributed by atoms with E-state index in [4.69, 9.17) is 4.42 Å². The predicted molar refractivity (Wildman–Crippen MR) is 231 cm³/mol. The number of rotatable bonds is 6. The summed E-state index contributed by atoms with van der Waals surface area (Å²) in [7, 11) is 0. The zero-order valence-electron chi connectivity index (χ0n) is 29.9. The third kappa shape index (κ3) is 5.05. The highest BCUT2D eigenvalue weighted by atomic mass is 16.3. The molecule has 0 N–H and O–H groups in total. The summed E-state index contributed by atoms with van der Waals surface area (Å²) in [5, 5.41) is 7.21. The van der Waals surface area contributed by atoms with Gasteiger partial charge in [0, 0.05) is 49.7 Å². The molecule has 0 saturated carbocycles. The van der Waals surface area contributed by atoms with Crippen LogP contribution in [0.3, 0.4) is 0 Å². The lowest BCUT2D eigenvalue weighted by atomic mass is 9.97. The van der Waals surface area contributed by atoms with E-state index in [2.05, 4.69) is 210 Å². The van der Waals surface area contributed by atoms with E-state index >= 15 is 0 Å². The van der Waals surface area contributed by atoms with Crippen molar-refractivity contribution < 1.29 is 4.42 Å². The molecule has 0 amide bonds. The van der Waals surface area contributed by atoms with Crippen molar-refractivity contribution in [2.45, 2.75) is 0 Å². The molecule has 0 fully saturated rings. The maximum Gasteiger partial charge on any atom is 0.143 e. The van der Waals surface area contributed by atoms with Crippen molar-refractivity contribution >= 4 is 71.6 Å². The van der Waals surface area contributed by atoms with Crippen molar-refractivity contribution in [3.63, 3.8) is 0 Å². The molecule has 3 heteroatoms. The third-order valence-electron chi connectivity index (χ3n) is 11.0. The molecular weight excluding hydrogens is 669 g/mol. The summed E-state index contributed by atoms with van der Waals surface area (Å²) < 4.78 is 9.00. The smallest absolute Gasteiger partial charge is 0.143 e. The van der Waals surface area contributed by atoms with Crippen LogP contribution in [0.1, 0.15) is 0 Å². The zero-order valence-corrected chi connectivity index (χ0v) is 29.9. The zero-order chi connectivity index (χ0) is 36.3. The summed E-state index contributed by atoms with van der Waals surface area (Å²) >= 11 is 0. The summed E-state index contributed by atoms with van der Waals surface area (Å²) in [6.45, 7) is 0. The molecule has 2 aromatic heterocycles. The molecule has 11 rings (SSSR count). The van der Waals surface area contributed by atoms with E-state index in [9.17, 15) is 0 Å². The first-order valence-electron chi connectivity index (χ1n) is 18.8. The first-order chi connectivity index (χ1) is 27.3. The molecule has 0 aliphatic carbocycles. The Balaban J connectivity index is 1.13. The summed E-state index contributed by atoms with van der Waals surface area (Å²) in [6, 6.07) is 73.9. The van der Waals surface area contributed by atoms with Crippen molar-refractivity contribution in [1.29, 1.82) is 0 Å². The number of furan rings is 1. The molecule has 55 heavy (non-hydrogen) atoms. The van der Waals surface area contributed by atoms with Crippen LogP contribution >= 0.6 is 0 Å². The van der Waals surface area contributed by atoms with Gasteiger partial charge in [-0.1, -0.05) is 152 Å². The minimum atomic E-state index is 0.890. The number of benzene rings is 9. The maximum atomic E-state index is 6.61. The molecule has 9 aromatic carbocycles. The largest absolute Gasteiger partial charge is 0.455 e. The average Bonchev–Trinajstić information content (AvgIpc) is 3.80. The monoisotopic (exact) mass is 702 g/mol. The van der Waals surface area contributed by atoms with Gasteiger partial charge < -0.3 is 13.9 Å². The standard InChI is InChI=1S/C52H34N2O/c1-2-18-40-35(14-1)15-11-23-41(40)36-30-32-37(33-31-36)53(38-16-12-17-39(34-38)54-49-27-8-3-19-42(49)43-20-4-9-28-50(43)54)48-26-7-5-21-44(48)46-24-13-25-47-45-22-6-10-29-51(45)55-52(46)47/h1-34H. The molecule has 0 unspecified atom stereocenters. The molecule has 258 valence electrons. The minimum absolute atomic E-state index is 0.890. The third-order valence-corrected chi connectivity index (χ3v) is 11.0. The number of anilines is 3. The minimum Gasteiger partial charge on any atom is -0.455 e. The molecule has 0 radical (unpaired) electrons. The number of aromatic nitrogens is 1. The molecule has 0 saturated heterocycles. The predicted octanol–water partition coefficient (Wildman–Crippen LogP) is 14.6. The lowest BCUT2D eigenvalue weighted by molar-refractivity contribution is 0.670. The van der Waals surface area contributed by atoms with Crippen LogP contribution in [0.15, 0.2) is 211 Å². The van der Waals surface area contributed by atoms with Crippen LogP contribution in [0.4, 0.5) is 17.1 Å². The van der Waals surface area contributed by atoms with Crippen LogP contribution < -0.4 is 4.90 Å². The lowest BCUT2D eigenvalue weighted by Crippen LogP contribution is -2.12. The van der Waals surface area contributed by atoms with Crippen molar-refractivity contribution in [2.75, 3.05) is 4.90 Å². The van der Waals surface area contributed by atoms with Gasteiger partial charge in [0.05, 0.1) is 16.7 Å². The van der Waals surface area contributed by atoms with Crippen LogP contribution in [-0.4, -0.2) is 4.57 Å². The van der Waals surface area contributed by atoms with Gasteiger partial charge in [-0.3, -0.25) is 0 Å². The first-order valence-corrected chi connectivity index (χ1v) is 18.8. The summed E-state index contributed by atoms with van der Waals surface area (Å²) in [5.74, 6) is 0. The van der Waals surface area contributed by atoms with Gasteiger partial charge in [0.1, 0.15) is 11.2 Å². The SMILES string of the molecule is c1cc(N(c2ccc(-c3cccc4ccccc34)cc2)c2ccccc2-c2cccc3c2oc2ccccc23)cc(-n2c3ccccc3c3ccccc32)c1. The van der Waals surface area contributed by atoms with Gasteiger partial charge >= 0.3 is 0 Å². The highest BCUT2D eigenvalue weighted by Gasteiger charge is 2.21. The Bertz CT molecular complexity index is 3160. The highest BCUT2D eigenvalue weighted by Crippen LogP contribution is 2.45. The van der Waals surface area contributed by atoms with Gasteiger partial charge in [-0.05, 0) is 76.5 Å². The topological polar surface area (TPSA) is 21.3 Å². The Labute approximate surface area is 318 Å². The van der Waals surface area contributed by atoms with Crippen molar-refractivity contribution in [3.8, 4) is 27.9 Å². The second-order valence-corrected chi connectivity index (χ2v) is 14.1. The van der Waals surface area contributed by atoms with Crippen molar-refractivity contribution in [3.05, 3.63) is 206 Å². The van der Waals surface area contributed by atoms with Crippen LogP contribution in [-0.2, 0) is 0 Å². The van der Waals surface area contributed by atoms with Gasteiger partial charge in [-0.15, -0.1) is 0 Å². The lowest BCUT2D eigenvalue weighted by Gasteiger charge is -2.28. The second kappa shape index (κ2) is 12.6. The Morgan fingerprint density at radius 3 is 1.78 bits per heavy atom. The van der Waals surface area contributed by atoms with E-state index < -0.39 is 0 Å². The van der Waals surface area contributed by atoms with Crippen LogP contribution in [0.2, 0.25) is 0 Å². The summed E-state index contributed by atoms with van der Waals surface area (Å²) in [4.78, 5) is 2.39. The van der Waals surface area contributed by atoms with Crippen LogP contribution in [0, 0.1) is 0 Å². The molecule has 3 nitrogen and oxygen atoms in total. The van der Waals surface area contributed by atoms with Crippen LogP contribution in [0.25, 0.3) is 82.5 Å². The van der Waals surface area contributed by atoms with Gasteiger partial charge in [-0.2, -0.15) is 0 Å². The maximum absolute atomic E-state index is 6.61. The Kier molecular flexibility index (Phi) is 7.17. The molecule has 0 spiro atoms. The van der Waals surface area contributed by atoms with Crippen molar-refractivity contribution in [2.24, 2.45) is 0 Å². The highest BCUT2D eigenvalue weighted by molar-refractivity contribution is 6.11. The van der Waals surface area contributed by atoms with E-state index in [1.165, 1.54) is 43.7 Å². The van der Waals surface area contributed by atoms with Gasteiger partial charge in [0.2, 0.25) is 0 Å². The van der Waals surface area contributed by atoms with E-state index in [1.807, 2.05) is 6.07 Å². The molecule has 0 aliphatic heterocycles. The molecule has 0 bridgehead atoms. The number of para-hydroxylation sites is 5. The molecule has 0 atom stereocenters. The number of fused-ring (bicyclic) bond motifs is 7. The summed E-state index contributed by atoms with van der Waals surface area (Å²) in [5.41, 5.74) is 13.0. The fraction of sp³-hybridized carbons (Fsp3) is 0. The number of hydrogen-bond acceptors (Lipinski definition) is 2. The fourth-order valence-corrected chi connectivity index (χ4v) is 8.52. The van der Waals surface area contributed by atoms with Gasteiger partial charge in [0.15, 0.2) is 0 Å². The molecule has 11 aromatic rings. The number of hydrogen-bond donors (Lipinski definition) is 0. The fourth-order valence-electron chi connectivity index (χ4n) is 8.52. The van der Waals surface area contributed by atoms with E-state index in [0.717, 1.165) is 55.8 Å². The van der Waals surface area contributed by atoms with Crippen molar-refractivity contribution in [1.82, 2.24) is 4.57 Å². The first kappa shape index (κ1) is 31.2. The van der Waals surface area contributed by atoms with E-state index in [0.29, 0.717) is 0 Å².